The number of amides is 3. The van der Waals surface area contributed by atoms with Crippen LogP contribution in [0.25, 0.3) is 6.08 Å². The highest BCUT2D eigenvalue weighted by Gasteiger charge is 2.33. The Hall–Kier alpha value is -5.26. The number of ketones is 1. The molecule has 0 spiro atoms. The summed E-state index contributed by atoms with van der Waals surface area (Å²) in [5, 5.41) is 26.6. The quantitative estimate of drug-likeness (QED) is 0.167. The maximum atomic E-state index is 13.5. The van der Waals surface area contributed by atoms with Gasteiger partial charge in [-0.3, -0.25) is 24.6 Å². The lowest BCUT2D eigenvalue weighted by Crippen LogP contribution is -2.45. The molecule has 3 aromatic rings. The molecule has 2 aromatic carbocycles. The first-order chi connectivity index (χ1) is 20.5. The standard InChI is InChI=1S/C31H34N4O8/c1-17(2)28(29(39)27-18(3)30(40)35(31(27)41)34-19(4)36)33-26(38)15-22(21-8-6-5-7-9-21)32-25(37)13-11-20-10-12-23-24(14-20)43-16-42-23/h5-14,17,22,28,40-41H,15-16H2,1-4H3,(H,32,37)(H,33,38)(H,34,36)/t22-,28-/m0/s1. The number of nitrogens with one attached hydrogen (secondary N) is 3. The lowest BCUT2D eigenvalue weighted by Gasteiger charge is -2.24. The molecule has 0 unspecified atom stereocenters. The van der Waals surface area contributed by atoms with E-state index in [4.69, 9.17) is 9.47 Å². The van der Waals surface area contributed by atoms with Gasteiger partial charge in [0, 0.05) is 18.6 Å². The summed E-state index contributed by atoms with van der Waals surface area (Å²) in [5.41, 5.74) is 3.46. The smallest absolute Gasteiger partial charge is 0.244 e. The summed E-state index contributed by atoms with van der Waals surface area (Å²) in [6, 6.07) is 12.4. The maximum absolute atomic E-state index is 13.5. The van der Waals surface area contributed by atoms with Gasteiger partial charge in [-0.05, 0) is 42.2 Å². The van der Waals surface area contributed by atoms with E-state index in [0.29, 0.717) is 21.7 Å². The van der Waals surface area contributed by atoms with Crippen LogP contribution in [0.1, 0.15) is 60.3 Å². The molecule has 12 heteroatoms. The molecule has 0 saturated heterocycles. The van der Waals surface area contributed by atoms with E-state index in [9.17, 15) is 29.4 Å². The minimum Gasteiger partial charge on any atom is -0.493 e. The third kappa shape index (κ3) is 7.15. The number of benzene rings is 2. The van der Waals surface area contributed by atoms with E-state index < -0.39 is 53.3 Å². The molecule has 0 bridgehead atoms. The van der Waals surface area contributed by atoms with Gasteiger partial charge in [-0.15, -0.1) is 0 Å². The average Bonchev–Trinajstić information content (AvgIpc) is 3.52. The highest BCUT2D eigenvalue weighted by Crippen LogP contribution is 2.34. The van der Waals surface area contributed by atoms with Crippen LogP contribution in [0.4, 0.5) is 0 Å². The third-order valence-corrected chi connectivity index (χ3v) is 6.87. The van der Waals surface area contributed by atoms with Gasteiger partial charge in [0.15, 0.2) is 17.3 Å². The Balaban J connectivity index is 1.49. The number of fused-ring (bicyclic) bond motifs is 1. The monoisotopic (exact) mass is 590 g/mol. The summed E-state index contributed by atoms with van der Waals surface area (Å²) >= 11 is 0. The molecule has 1 aliphatic rings. The maximum Gasteiger partial charge on any atom is 0.244 e. The normalized spacial score (nSPS) is 13.5. The summed E-state index contributed by atoms with van der Waals surface area (Å²) in [6.45, 7) is 6.18. The zero-order valence-corrected chi connectivity index (χ0v) is 24.2. The van der Waals surface area contributed by atoms with Gasteiger partial charge in [-0.25, -0.2) is 0 Å². The van der Waals surface area contributed by atoms with E-state index in [0.717, 1.165) is 5.56 Å². The number of ether oxygens (including phenoxy) is 2. The Labute approximate surface area is 248 Å². The lowest BCUT2D eigenvalue weighted by atomic mass is 9.93. The Morgan fingerprint density at radius 1 is 0.977 bits per heavy atom. The van der Waals surface area contributed by atoms with Crippen molar-refractivity contribution >= 4 is 29.6 Å². The van der Waals surface area contributed by atoms with Crippen LogP contribution < -0.4 is 25.5 Å². The molecule has 4 rings (SSSR count). The molecule has 0 radical (unpaired) electrons. The van der Waals surface area contributed by atoms with Crippen molar-refractivity contribution in [2.75, 3.05) is 12.2 Å². The molecule has 0 saturated carbocycles. The second-order valence-electron chi connectivity index (χ2n) is 10.4. The number of carbonyl (C=O) groups excluding carboxylic acids is 4. The third-order valence-electron chi connectivity index (χ3n) is 6.87. The lowest BCUT2D eigenvalue weighted by molar-refractivity contribution is -0.123. The van der Waals surface area contributed by atoms with Gasteiger partial charge in [0.25, 0.3) is 0 Å². The van der Waals surface area contributed by atoms with Crippen molar-refractivity contribution in [3.05, 3.63) is 76.9 Å². The van der Waals surface area contributed by atoms with Crippen molar-refractivity contribution < 1.29 is 38.9 Å². The Morgan fingerprint density at radius 3 is 2.35 bits per heavy atom. The van der Waals surface area contributed by atoms with Gasteiger partial charge in [0.05, 0.1) is 24.1 Å². The van der Waals surface area contributed by atoms with Gasteiger partial charge in [0.2, 0.25) is 36.3 Å². The van der Waals surface area contributed by atoms with E-state index in [1.165, 1.54) is 19.9 Å². The van der Waals surface area contributed by atoms with Crippen molar-refractivity contribution in [1.29, 1.82) is 0 Å². The van der Waals surface area contributed by atoms with Crippen LogP contribution in [0.15, 0.2) is 54.6 Å². The molecule has 0 fully saturated rings. The molecule has 12 nitrogen and oxygen atoms in total. The number of aromatic nitrogens is 1. The summed E-state index contributed by atoms with van der Waals surface area (Å²) in [7, 11) is 0. The van der Waals surface area contributed by atoms with Crippen molar-refractivity contribution in [3.8, 4) is 23.3 Å². The first-order valence-corrected chi connectivity index (χ1v) is 13.6. The number of hydrogen-bond acceptors (Lipinski definition) is 8. The summed E-state index contributed by atoms with van der Waals surface area (Å²) in [6.07, 6.45) is 2.78. The van der Waals surface area contributed by atoms with Crippen molar-refractivity contribution in [3.63, 3.8) is 0 Å². The van der Waals surface area contributed by atoms with Crippen LogP contribution >= 0.6 is 0 Å². The number of rotatable bonds is 11. The second-order valence-corrected chi connectivity index (χ2v) is 10.4. The highest BCUT2D eigenvalue weighted by molar-refractivity contribution is 6.06. The van der Waals surface area contributed by atoms with Crippen LogP contribution in [-0.2, 0) is 14.4 Å². The molecular weight excluding hydrogens is 556 g/mol. The Morgan fingerprint density at radius 2 is 1.67 bits per heavy atom. The first-order valence-electron chi connectivity index (χ1n) is 13.6. The van der Waals surface area contributed by atoms with Crippen LogP contribution in [0.3, 0.4) is 0 Å². The Kier molecular flexibility index (Phi) is 9.39. The molecule has 3 amide bonds. The van der Waals surface area contributed by atoms with E-state index >= 15 is 0 Å². The number of carbonyl (C=O) groups is 4. The van der Waals surface area contributed by atoms with Crippen LogP contribution in [-0.4, -0.2) is 51.2 Å². The van der Waals surface area contributed by atoms with Crippen LogP contribution in [0.5, 0.6) is 23.3 Å². The predicted molar refractivity (Wildman–Crippen MR) is 157 cm³/mol. The fraction of sp³-hybridized carbons (Fsp3) is 0.290. The number of aromatic hydroxyl groups is 2. The largest absolute Gasteiger partial charge is 0.493 e. The van der Waals surface area contributed by atoms with Crippen molar-refractivity contribution in [2.45, 2.75) is 46.2 Å². The van der Waals surface area contributed by atoms with Gasteiger partial charge < -0.3 is 30.3 Å². The van der Waals surface area contributed by atoms with Crippen molar-refractivity contribution in [1.82, 2.24) is 15.3 Å². The summed E-state index contributed by atoms with van der Waals surface area (Å²) in [4.78, 5) is 51.2. The van der Waals surface area contributed by atoms with E-state index in [2.05, 4.69) is 16.1 Å². The van der Waals surface area contributed by atoms with Gasteiger partial charge in [-0.2, -0.15) is 4.68 Å². The van der Waals surface area contributed by atoms with Crippen LogP contribution in [0, 0.1) is 12.8 Å². The number of nitrogens with zero attached hydrogens (tertiary/aromatic N) is 1. The minimum absolute atomic E-state index is 0.0415. The van der Waals surface area contributed by atoms with Crippen LogP contribution in [0.2, 0.25) is 0 Å². The molecular formula is C31H34N4O8. The molecule has 0 aliphatic carbocycles. The summed E-state index contributed by atoms with van der Waals surface area (Å²) in [5.74, 6) is -2.55. The molecule has 1 aromatic heterocycles. The summed E-state index contributed by atoms with van der Waals surface area (Å²) < 4.78 is 11.4. The van der Waals surface area contributed by atoms with E-state index in [-0.39, 0.29) is 24.3 Å². The number of hydrogen-bond donors (Lipinski definition) is 5. The first kappa shape index (κ1) is 30.7. The fourth-order valence-electron chi connectivity index (χ4n) is 4.67. The average molecular weight is 591 g/mol. The van der Waals surface area contributed by atoms with Gasteiger partial charge in [0.1, 0.15) is 0 Å². The number of Topliss-reactive ketones (excluding diaryl/α,β-unsaturated/α-hetero) is 1. The second kappa shape index (κ2) is 13.1. The molecule has 43 heavy (non-hydrogen) atoms. The predicted octanol–water partition coefficient (Wildman–Crippen LogP) is 3.31. The topological polar surface area (TPSA) is 168 Å². The molecule has 2 atom stereocenters. The molecule has 2 heterocycles. The Bertz CT molecular complexity index is 1560. The zero-order valence-electron chi connectivity index (χ0n) is 24.2. The van der Waals surface area contributed by atoms with E-state index in [1.807, 2.05) is 6.07 Å². The van der Waals surface area contributed by atoms with Crippen molar-refractivity contribution in [2.24, 2.45) is 5.92 Å². The molecule has 226 valence electrons. The van der Waals surface area contributed by atoms with Gasteiger partial charge in [-0.1, -0.05) is 50.2 Å². The fourth-order valence-corrected chi connectivity index (χ4v) is 4.67. The van der Waals surface area contributed by atoms with Gasteiger partial charge >= 0.3 is 0 Å². The molecule has 1 aliphatic heterocycles. The minimum atomic E-state index is -1.08. The highest BCUT2D eigenvalue weighted by atomic mass is 16.7. The SMILES string of the molecule is CC(=O)Nn1c(O)c(C)c(C(=O)[C@@H](NC(=O)C[C@H](NC(=O)C=Cc2ccc3c(c2)OCO3)c2ccccc2)C(C)C)c1O. The van der Waals surface area contributed by atoms with E-state index in [1.54, 1.807) is 62.4 Å². The zero-order chi connectivity index (χ0) is 31.3. The molecule has 5 N–H and O–H groups in total.